The summed E-state index contributed by atoms with van der Waals surface area (Å²) < 4.78 is 0. The number of aromatic nitrogens is 1. The number of H-pyrrole nitrogens is 1. The Labute approximate surface area is 60.6 Å². The number of aromatic amines is 1. The minimum Gasteiger partial charge on any atom is -0.365 e. The molecule has 1 aromatic rings. The van der Waals surface area contributed by atoms with Gasteiger partial charge in [0.1, 0.15) is 0 Å². The smallest absolute Gasteiger partial charge is 0.0225 e. The van der Waals surface area contributed by atoms with E-state index in [0.717, 1.165) is 13.0 Å². The molecule has 1 aliphatic heterocycles. The van der Waals surface area contributed by atoms with Crippen LogP contribution in [0.1, 0.15) is 18.2 Å². The second kappa shape index (κ2) is 2.13. The van der Waals surface area contributed by atoms with Crippen LogP contribution in [0.4, 0.5) is 0 Å². The third-order valence-corrected chi connectivity index (χ3v) is 2.08. The first-order valence-corrected chi connectivity index (χ1v) is 3.75. The Bertz CT molecular complexity index is 227. The number of rotatable bonds is 0. The van der Waals surface area contributed by atoms with Gasteiger partial charge in [-0.1, -0.05) is 0 Å². The van der Waals surface area contributed by atoms with Crippen LogP contribution in [0.15, 0.2) is 12.3 Å². The highest BCUT2D eigenvalue weighted by Gasteiger charge is 2.13. The first kappa shape index (κ1) is 5.98. The van der Waals surface area contributed by atoms with Gasteiger partial charge in [-0.05, 0) is 18.6 Å². The van der Waals surface area contributed by atoms with Crippen molar-refractivity contribution in [3.05, 3.63) is 23.5 Å². The molecule has 0 aromatic carbocycles. The van der Waals surface area contributed by atoms with Gasteiger partial charge in [0.15, 0.2) is 0 Å². The number of fused-ring (bicyclic) bond motifs is 1. The normalized spacial score (nSPS) is 24.3. The van der Waals surface area contributed by atoms with Crippen molar-refractivity contribution in [1.82, 2.24) is 10.3 Å². The van der Waals surface area contributed by atoms with E-state index in [0.29, 0.717) is 6.04 Å². The Balaban J connectivity index is 2.30. The molecule has 1 aromatic heterocycles. The van der Waals surface area contributed by atoms with E-state index in [4.69, 9.17) is 0 Å². The highest BCUT2D eigenvalue weighted by Crippen LogP contribution is 2.13. The van der Waals surface area contributed by atoms with Crippen LogP contribution in [0, 0.1) is 0 Å². The summed E-state index contributed by atoms with van der Waals surface area (Å²) in [7, 11) is 0. The van der Waals surface area contributed by atoms with E-state index in [1.165, 1.54) is 11.3 Å². The predicted octanol–water partition coefficient (Wildman–Crippen LogP) is 1.05. The van der Waals surface area contributed by atoms with Gasteiger partial charge < -0.3 is 10.3 Å². The van der Waals surface area contributed by atoms with Crippen molar-refractivity contribution in [3.8, 4) is 0 Å². The molecule has 0 amide bonds. The maximum Gasteiger partial charge on any atom is 0.0225 e. The molecule has 0 unspecified atom stereocenters. The fourth-order valence-corrected chi connectivity index (χ4v) is 1.45. The van der Waals surface area contributed by atoms with Gasteiger partial charge in [0, 0.05) is 30.9 Å². The SMILES string of the molecule is C[C@@H]1Cc2[nH]ccc2CN1. The Kier molecular flexibility index (Phi) is 1.27. The largest absolute Gasteiger partial charge is 0.365 e. The summed E-state index contributed by atoms with van der Waals surface area (Å²) in [6, 6.07) is 2.78. The number of nitrogens with one attached hydrogen (secondary N) is 2. The van der Waals surface area contributed by atoms with Crippen molar-refractivity contribution in [3.63, 3.8) is 0 Å². The summed E-state index contributed by atoms with van der Waals surface area (Å²) >= 11 is 0. The lowest BCUT2D eigenvalue weighted by molar-refractivity contribution is 0.509. The van der Waals surface area contributed by atoms with E-state index < -0.39 is 0 Å². The summed E-state index contributed by atoms with van der Waals surface area (Å²) in [5, 5.41) is 3.40. The van der Waals surface area contributed by atoms with Gasteiger partial charge in [-0.2, -0.15) is 0 Å². The van der Waals surface area contributed by atoms with Crippen LogP contribution >= 0.6 is 0 Å². The molecule has 1 atom stereocenters. The van der Waals surface area contributed by atoms with Crippen molar-refractivity contribution in [2.75, 3.05) is 0 Å². The molecular weight excluding hydrogens is 124 g/mol. The molecule has 2 heterocycles. The third-order valence-electron chi connectivity index (χ3n) is 2.08. The third kappa shape index (κ3) is 0.847. The first-order chi connectivity index (χ1) is 4.86. The molecule has 0 spiro atoms. The zero-order chi connectivity index (χ0) is 6.97. The van der Waals surface area contributed by atoms with Crippen LogP contribution in [0.5, 0.6) is 0 Å². The Morgan fingerprint density at radius 2 is 2.50 bits per heavy atom. The monoisotopic (exact) mass is 136 g/mol. The molecule has 2 rings (SSSR count). The first-order valence-electron chi connectivity index (χ1n) is 3.75. The molecule has 0 saturated carbocycles. The zero-order valence-electron chi connectivity index (χ0n) is 6.15. The highest BCUT2D eigenvalue weighted by molar-refractivity contribution is 5.23. The van der Waals surface area contributed by atoms with E-state index in [2.05, 4.69) is 23.3 Å². The fourth-order valence-electron chi connectivity index (χ4n) is 1.45. The second-order valence-electron chi connectivity index (χ2n) is 2.97. The Hall–Kier alpha value is -0.760. The van der Waals surface area contributed by atoms with Crippen molar-refractivity contribution in [2.24, 2.45) is 0 Å². The summed E-state index contributed by atoms with van der Waals surface area (Å²) in [6.07, 6.45) is 3.16. The molecule has 0 saturated heterocycles. The molecule has 1 aliphatic rings. The molecule has 0 aliphatic carbocycles. The second-order valence-corrected chi connectivity index (χ2v) is 2.97. The predicted molar refractivity (Wildman–Crippen MR) is 40.8 cm³/mol. The van der Waals surface area contributed by atoms with E-state index in [1.807, 2.05) is 6.20 Å². The van der Waals surface area contributed by atoms with Crippen molar-refractivity contribution < 1.29 is 0 Å². The van der Waals surface area contributed by atoms with Gasteiger partial charge >= 0.3 is 0 Å². The minimum absolute atomic E-state index is 0.631. The van der Waals surface area contributed by atoms with Gasteiger partial charge in [0.05, 0.1) is 0 Å². The summed E-state index contributed by atoms with van der Waals surface area (Å²) in [5.74, 6) is 0. The van der Waals surface area contributed by atoms with Gasteiger partial charge in [0.2, 0.25) is 0 Å². The number of hydrogen-bond acceptors (Lipinski definition) is 1. The average Bonchev–Trinajstić information content (AvgIpc) is 2.33. The van der Waals surface area contributed by atoms with Crippen molar-refractivity contribution in [2.45, 2.75) is 25.9 Å². The van der Waals surface area contributed by atoms with Gasteiger partial charge in [-0.3, -0.25) is 0 Å². The van der Waals surface area contributed by atoms with Crippen LogP contribution in [0.3, 0.4) is 0 Å². The summed E-state index contributed by atoms with van der Waals surface area (Å²) in [6.45, 7) is 3.24. The molecule has 2 N–H and O–H groups in total. The molecule has 0 bridgehead atoms. The molecule has 0 radical (unpaired) electrons. The lowest BCUT2D eigenvalue weighted by Gasteiger charge is -2.19. The van der Waals surface area contributed by atoms with Gasteiger partial charge in [-0.25, -0.2) is 0 Å². The topological polar surface area (TPSA) is 27.8 Å². The molecule has 2 nitrogen and oxygen atoms in total. The molecule has 0 fully saturated rings. The average molecular weight is 136 g/mol. The standard InChI is InChI=1S/C8H12N2/c1-6-4-8-7(5-10-6)2-3-9-8/h2-3,6,9-10H,4-5H2,1H3/t6-/m1/s1. The highest BCUT2D eigenvalue weighted by atomic mass is 14.9. The van der Waals surface area contributed by atoms with Crippen LogP contribution < -0.4 is 5.32 Å². The lowest BCUT2D eigenvalue weighted by Crippen LogP contribution is -2.32. The van der Waals surface area contributed by atoms with E-state index in [9.17, 15) is 0 Å². The lowest BCUT2D eigenvalue weighted by atomic mass is 10.1. The van der Waals surface area contributed by atoms with Crippen LogP contribution in [-0.4, -0.2) is 11.0 Å². The fraction of sp³-hybridized carbons (Fsp3) is 0.500. The van der Waals surface area contributed by atoms with Crippen LogP contribution in [0.25, 0.3) is 0 Å². The minimum atomic E-state index is 0.631. The quantitative estimate of drug-likeness (QED) is 0.548. The molecule has 54 valence electrons. The van der Waals surface area contributed by atoms with Crippen LogP contribution in [0.2, 0.25) is 0 Å². The van der Waals surface area contributed by atoms with Gasteiger partial charge in [-0.15, -0.1) is 0 Å². The van der Waals surface area contributed by atoms with Crippen molar-refractivity contribution >= 4 is 0 Å². The maximum absolute atomic E-state index is 3.40. The summed E-state index contributed by atoms with van der Waals surface area (Å²) in [5.41, 5.74) is 2.84. The van der Waals surface area contributed by atoms with Crippen LogP contribution in [-0.2, 0) is 13.0 Å². The Morgan fingerprint density at radius 1 is 1.60 bits per heavy atom. The number of hydrogen-bond donors (Lipinski definition) is 2. The van der Waals surface area contributed by atoms with Gasteiger partial charge in [0.25, 0.3) is 0 Å². The Morgan fingerprint density at radius 3 is 3.40 bits per heavy atom. The maximum atomic E-state index is 3.40. The zero-order valence-corrected chi connectivity index (χ0v) is 6.15. The molecule has 10 heavy (non-hydrogen) atoms. The van der Waals surface area contributed by atoms with Crippen molar-refractivity contribution in [1.29, 1.82) is 0 Å². The molecule has 2 heteroatoms. The summed E-state index contributed by atoms with van der Waals surface area (Å²) in [4.78, 5) is 3.25. The van der Waals surface area contributed by atoms with E-state index in [1.54, 1.807) is 0 Å². The molecular formula is C8H12N2. The van der Waals surface area contributed by atoms with E-state index in [-0.39, 0.29) is 0 Å². The van der Waals surface area contributed by atoms with E-state index >= 15 is 0 Å².